The SMILES string of the molecule is CCOC(=O)CCOc1ccc(C(O)c2ccc(Cl)cc2)cc1. The number of carbonyl (C=O) groups excluding carboxylic acids is 1. The highest BCUT2D eigenvalue weighted by molar-refractivity contribution is 6.30. The summed E-state index contributed by atoms with van der Waals surface area (Å²) in [6.07, 6.45) is -0.510. The minimum absolute atomic E-state index is 0.211. The topological polar surface area (TPSA) is 55.8 Å². The molecule has 0 saturated heterocycles. The molecule has 1 N–H and O–H groups in total. The quantitative estimate of drug-likeness (QED) is 0.783. The molecular weight excluding hydrogens is 316 g/mol. The Balaban J connectivity index is 1.91. The molecular formula is C18H19ClO4. The molecule has 0 saturated carbocycles. The lowest BCUT2D eigenvalue weighted by Gasteiger charge is -2.12. The van der Waals surface area contributed by atoms with Gasteiger partial charge in [-0.25, -0.2) is 0 Å². The lowest BCUT2D eigenvalue weighted by molar-refractivity contribution is -0.143. The molecule has 0 aliphatic heterocycles. The first-order valence-corrected chi connectivity index (χ1v) is 7.80. The number of hydrogen-bond donors (Lipinski definition) is 1. The van der Waals surface area contributed by atoms with Gasteiger partial charge in [0, 0.05) is 5.02 Å². The first kappa shape index (κ1) is 17.3. The van der Waals surface area contributed by atoms with Crippen molar-refractivity contribution in [1.82, 2.24) is 0 Å². The molecule has 0 heterocycles. The van der Waals surface area contributed by atoms with Gasteiger partial charge in [-0.1, -0.05) is 35.9 Å². The number of aliphatic hydroxyl groups excluding tert-OH is 1. The summed E-state index contributed by atoms with van der Waals surface area (Å²) >= 11 is 5.84. The minimum atomic E-state index is -0.721. The molecule has 2 aromatic rings. The molecule has 0 radical (unpaired) electrons. The van der Waals surface area contributed by atoms with E-state index in [1.807, 2.05) is 0 Å². The van der Waals surface area contributed by atoms with Crippen LogP contribution >= 0.6 is 11.6 Å². The van der Waals surface area contributed by atoms with E-state index in [4.69, 9.17) is 21.1 Å². The van der Waals surface area contributed by atoms with Gasteiger partial charge in [0.15, 0.2) is 0 Å². The summed E-state index contributed by atoms with van der Waals surface area (Å²) < 4.78 is 10.3. The highest BCUT2D eigenvalue weighted by Gasteiger charge is 2.10. The van der Waals surface area contributed by atoms with Gasteiger partial charge in [0.2, 0.25) is 0 Å². The fourth-order valence-corrected chi connectivity index (χ4v) is 2.20. The Hall–Kier alpha value is -2.04. The number of esters is 1. The van der Waals surface area contributed by atoms with Crippen molar-refractivity contribution < 1.29 is 19.4 Å². The molecule has 0 amide bonds. The first-order valence-electron chi connectivity index (χ1n) is 7.42. The van der Waals surface area contributed by atoms with Crippen LogP contribution in [0.3, 0.4) is 0 Å². The van der Waals surface area contributed by atoms with Gasteiger partial charge < -0.3 is 14.6 Å². The van der Waals surface area contributed by atoms with Crippen molar-refractivity contribution in [1.29, 1.82) is 0 Å². The summed E-state index contributed by atoms with van der Waals surface area (Å²) in [4.78, 5) is 11.2. The molecule has 0 aliphatic carbocycles. The van der Waals surface area contributed by atoms with Crippen molar-refractivity contribution in [2.75, 3.05) is 13.2 Å². The van der Waals surface area contributed by atoms with Crippen molar-refractivity contribution in [3.8, 4) is 5.75 Å². The van der Waals surface area contributed by atoms with E-state index in [1.165, 1.54) is 0 Å². The molecule has 122 valence electrons. The summed E-state index contributed by atoms with van der Waals surface area (Å²) in [5.41, 5.74) is 1.52. The maximum Gasteiger partial charge on any atom is 0.309 e. The highest BCUT2D eigenvalue weighted by atomic mass is 35.5. The minimum Gasteiger partial charge on any atom is -0.493 e. The largest absolute Gasteiger partial charge is 0.493 e. The zero-order chi connectivity index (χ0) is 16.7. The number of rotatable bonds is 7. The average Bonchev–Trinajstić information content (AvgIpc) is 2.56. The number of hydrogen-bond acceptors (Lipinski definition) is 4. The second kappa shape index (κ2) is 8.56. The van der Waals surface area contributed by atoms with Gasteiger partial charge in [0.25, 0.3) is 0 Å². The Morgan fingerprint density at radius 1 is 1.09 bits per heavy atom. The monoisotopic (exact) mass is 334 g/mol. The third kappa shape index (κ3) is 5.27. The van der Waals surface area contributed by atoms with Crippen molar-refractivity contribution in [3.63, 3.8) is 0 Å². The third-order valence-electron chi connectivity index (χ3n) is 3.26. The smallest absolute Gasteiger partial charge is 0.309 e. The number of ether oxygens (including phenoxy) is 2. The van der Waals surface area contributed by atoms with Gasteiger partial charge in [-0.3, -0.25) is 4.79 Å². The Morgan fingerprint density at radius 3 is 2.22 bits per heavy atom. The van der Waals surface area contributed by atoms with Gasteiger partial charge >= 0.3 is 5.97 Å². The number of halogens is 1. The van der Waals surface area contributed by atoms with E-state index in [-0.39, 0.29) is 19.0 Å². The summed E-state index contributed by atoms with van der Waals surface area (Å²) in [5.74, 6) is 0.364. The lowest BCUT2D eigenvalue weighted by Crippen LogP contribution is -2.09. The van der Waals surface area contributed by atoms with Crippen LogP contribution < -0.4 is 4.74 Å². The van der Waals surface area contributed by atoms with E-state index < -0.39 is 6.10 Å². The molecule has 1 atom stereocenters. The van der Waals surface area contributed by atoms with Crippen LogP contribution in [0.1, 0.15) is 30.6 Å². The Kier molecular flexibility index (Phi) is 6.44. The van der Waals surface area contributed by atoms with E-state index in [1.54, 1.807) is 55.5 Å². The summed E-state index contributed by atoms with van der Waals surface area (Å²) in [5, 5.41) is 11.0. The Bertz CT molecular complexity index is 622. The molecule has 0 aromatic heterocycles. The summed E-state index contributed by atoms with van der Waals surface area (Å²) in [7, 11) is 0. The second-order valence-corrected chi connectivity index (χ2v) is 5.36. The van der Waals surface area contributed by atoms with Gasteiger partial charge in [-0.05, 0) is 42.3 Å². The molecule has 23 heavy (non-hydrogen) atoms. The molecule has 4 nitrogen and oxygen atoms in total. The van der Waals surface area contributed by atoms with E-state index in [0.717, 1.165) is 11.1 Å². The van der Waals surface area contributed by atoms with Gasteiger partial charge in [-0.2, -0.15) is 0 Å². The van der Waals surface area contributed by atoms with Crippen molar-refractivity contribution in [2.45, 2.75) is 19.4 Å². The van der Waals surface area contributed by atoms with E-state index in [9.17, 15) is 9.90 Å². The van der Waals surface area contributed by atoms with Crippen LogP contribution in [0.5, 0.6) is 5.75 Å². The third-order valence-corrected chi connectivity index (χ3v) is 3.51. The van der Waals surface area contributed by atoms with E-state index in [0.29, 0.717) is 17.4 Å². The standard InChI is InChI=1S/C18H19ClO4/c1-2-22-17(20)11-12-23-16-9-5-14(6-10-16)18(21)13-3-7-15(19)8-4-13/h3-10,18,21H,2,11-12H2,1H3. The number of benzene rings is 2. The van der Waals surface area contributed by atoms with Crippen LogP contribution in [-0.4, -0.2) is 24.3 Å². The predicted molar refractivity (Wildman–Crippen MR) is 88.7 cm³/mol. The molecule has 0 fully saturated rings. The zero-order valence-electron chi connectivity index (χ0n) is 12.9. The maximum absolute atomic E-state index is 11.2. The second-order valence-electron chi connectivity index (χ2n) is 4.93. The molecule has 2 rings (SSSR count). The van der Waals surface area contributed by atoms with Crippen LogP contribution in [0, 0.1) is 0 Å². The molecule has 0 bridgehead atoms. The lowest BCUT2D eigenvalue weighted by atomic mass is 10.0. The van der Waals surface area contributed by atoms with Gasteiger partial charge in [0.05, 0.1) is 19.6 Å². The number of carbonyl (C=O) groups is 1. The van der Waals surface area contributed by atoms with Crippen LogP contribution in [0.25, 0.3) is 0 Å². The molecule has 5 heteroatoms. The van der Waals surface area contributed by atoms with E-state index in [2.05, 4.69) is 0 Å². The highest BCUT2D eigenvalue weighted by Crippen LogP contribution is 2.25. The number of aliphatic hydroxyl groups is 1. The summed E-state index contributed by atoms with van der Waals surface area (Å²) in [6.45, 7) is 2.40. The van der Waals surface area contributed by atoms with Crippen molar-refractivity contribution in [3.05, 3.63) is 64.7 Å². The predicted octanol–water partition coefficient (Wildman–Crippen LogP) is 3.75. The van der Waals surface area contributed by atoms with Crippen LogP contribution in [0.2, 0.25) is 5.02 Å². The zero-order valence-corrected chi connectivity index (χ0v) is 13.6. The fraction of sp³-hybridized carbons (Fsp3) is 0.278. The normalized spacial score (nSPS) is 11.8. The van der Waals surface area contributed by atoms with Crippen molar-refractivity contribution in [2.24, 2.45) is 0 Å². The molecule has 1 unspecified atom stereocenters. The molecule has 0 aliphatic rings. The van der Waals surface area contributed by atoms with Crippen molar-refractivity contribution >= 4 is 17.6 Å². The summed E-state index contributed by atoms with van der Waals surface area (Å²) in [6, 6.07) is 14.2. The van der Waals surface area contributed by atoms with Gasteiger partial charge in [0.1, 0.15) is 11.9 Å². The average molecular weight is 335 g/mol. The first-order chi connectivity index (χ1) is 11.1. The van der Waals surface area contributed by atoms with Crippen LogP contribution in [0.4, 0.5) is 0 Å². The van der Waals surface area contributed by atoms with Crippen LogP contribution in [0.15, 0.2) is 48.5 Å². The fourth-order valence-electron chi connectivity index (χ4n) is 2.07. The molecule has 2 aromatic carbocycles. The van der Waals surface area contributed by atoms with Gasteiger partial charge in [-0.15, -0.1) is 0 Å². The van der Waals surface area contributed by atoms with E-state index >= 15 is 0 Å². The Labute approximate surface area is 140 Å². The maximum atomic E-state index is 11.2. The molecule has 0 spiro atoms. The Morgan fingerprint density at radius 2 is 1.65 bits per heavy atom. The van der Waals surface area contributed by atoms with Crippen LogP contribution in [-0.2, 0) is 9.53 Å².